The van der Waals surface area contributed by atoms with E-state index in [4.69, 9.17) is 0 Å². The van der Waals surface area contributed by atoms with Crippen LogP contribution in [-0.4, -0.2) is 45.5 Å². The van der Waals surface area contributed by atoms with Crippen LogP contribution in [0.5, 0.6) is 0 Å². The number of carbonyl (C=O) groups is 1. The fourth-order valence-electron chi connectivity index (χ4n) is 3.19. The minimum absolute atomic E-state index is 0.0311. The summed E-state index contributed by atoms with van der Waals surface area (Å²) in [6, 6.07) is 0.977. The number of H-pyrrole nitrogens is 1. The summed E-state index contributed by atoms with van der Waals surface area (Å²) in [5.41, 5.74) is -1.20. The lowest BCUT2D eigenvalue weighted by Crippen LogP contribution is -2.45. The van der Waals surface area contributed by atoms with Crippen LogP contribution in [0.3, 0.4) is 0 Å². The van der Waals surface area contributed by atoms with Crippen LogP contribution < -0.4 is 16.6 Å². The van der Waals surface area contributed by atoms with Gasteiger partial charge < -0.3 is 9.88 Å². The molecule has 7 heteroatoms. The molecule has 0 bridgehead atoms. The number of likely N-dealkylation sites (tertiary alicyclic amines) is 1. The van der Waals surface area contributed by atoms with Gasteiger partial charge in [-0.25, -0.2) is 4.79 Å². The van der Waals surface area contributed by atoms with Crippen LogP contribution in [0.1, 0.15) is 49.9 Å². The van der Waals surface area contributed by atoms with Crippen LogP contribution in [0.15, 0.2) is 15.8 Å². The molecule has 0 unspecified atom stereocenters. The minimum atomic E-state index is -0.646. The fourth-order valence-corrected chi connectivity index (χ4v) is 3.19. The van der Waals surface area contributed by atoms with Gasteiger partial charge in [0, 0.05) is 31.9 Å². The molecule has 1 aromatic heterocycles. The summed E-state index contributed by atoms with van der Waals surface area (Å²) in [6.45, 7) is 6.02. The summed E-state index contributed by atoms with van der Waals surface area (Å²) in [5, 5.41) is 2.79. The zero-order valence-electron chi connectivity index (χ0n) is 14.1. The molecule has 0 radical (unpaired) electrons. The summed E-state index contributed by atoms with van der Waals surface area (Å²) < 4.78 is 1.19. The van der Waals surface area contributed by atoms with Gasteiger partial charge in [0.05, 0.1) is 0 Å². The largest absolute Gasteiger partial charge is 0.352 e. The molecule has 2 rings (SSSR count). The monoisotopic (exact) mass is 322 g/mol. The molecule has 1 atom stereocenters. The van der Waals surface area contributed by atoms with Gasteiger partial charge in [0.15, 0.2) is 0 Å². The molecule has 0 aromatic carbocycles. The minimum Gasteiger partial charge on any atom is -0.352 e. The zero-order valence-corrected chi connectivity index (χ0v) is 14.1. The second-order valence-electron chi connectivity index (χ2n) is 6.44. The first kappa shape index (κ1) is 17.5. The van der Waals surface area contributed by atoms with E-state index in [0.717, 1.165) is 19.4 Å². The third-order valence-corrected chi connectivity index (χ3v) is 4.45. The molecule has 0 spiro atoms. The van der Waals surface area contributed by atoms with E-state index in [2.05, 4.69) is 29.0 Å². The molecule has 0 saturated carbocycles. The topological polar surface area (TPSA) is 87.2 Å². The second-order valence-corrected chi connectivity index (χ2v) is 6.44. The van der Waals surface area contributed by atoms with E-state index in [1.807, 2.05) is 0 Å². The molecular weight excluding hydrogens is 296 g/mol. The summed E-state index contributed by atoms with van der Waals surface area (Å²) >= 11 is 0. The van der Waals surface area contributed by atoms with E-state index in [1.165, 1.54) is 30.7 Å². The van der Waals surface area contributed by atoms with Crippen molar-refractivity contribution in [2.45, 2.75) is 51.6 Å². The first-order valence-corrected chi connectivity index (χ1v) is 8.24. The summed E-state index contributed by atoms with van der Waals surface area (Å²) in [5.74, 6) is -0.436. The lowest BCUT2D eigenvalue weighted by atomic mass is 9.98. The highest BCUT2D eigenvalue weighted by Gasteiger charge is 2.24. The van der Waals surface area contributed by atoms with E-state index in [-0.39, 0.29) is 5.56 Å². The number of aromatic amines is 1. The number of carbonyl (C=O) groups excluding carboxylic acids is 1. The molecule has 1 amide bonds. The first-order chi connectivity index (χ1) is 10.9. The first-order valence-electron chi connectivity index (χ1n) is 8.24. The van der Waals surface area contributed by atoms with E-state index >= 15 is 0 Å². The number of nitrogens with zero attached hydrogens (tertiary/aromatic N) is 2. The van der Waals surface area contributed by atoms with E-state index < -0.39 is 17.2 Å². The SMILES string of the molecule is CC(C)N1CCCC[C@@H]1CCNC(=O)c1cn(C)c(=O)[nH]c1=O. The Morgan fingerprint density at radius 1 is 1.39 bits per heavy atom. The number of hydrogen-bond donors (Lipinski definition) is 2. The van der Waals surface area contributed by atoms with Crippen molar-refractivity contribution in [3.05, 3.63) is 32.6 Å². The van der Waals surface area contributed by atoms with Crippen molar-refractivity contribution in [3.8, 4) is 0 Å². The number of aromatic nitrogens is 2. The Balaban J connectivity index is 1.93. The summed E-state index contributed by atoms with van der Waals surface area (Å²) in [7, 11) is 1.50. The number of piperidine rings is 1. The maximum absolute atomic E-state index is 12.1. The van der Waals surface area contributed by atoms with Gasteiger partial charge in [-0.15, -0.1) is 0 Å². The Bertz CT molecular complexity index is 662. The van der Waals surface area contributed by atoms with Crippen LogP contribution in [-0.2, 0) is 7.05 Å². The van der Waals surface area contributed by atoms with Crippen molar-refractivity contribution in [2.75, 3.05) is 13.1 Å². The van der Waals surface area contributed by atoms with E-state index in [0.29, 0.717) is 18.6 Å². The normalized spacial score (nSPS) is 19.0. The average molecular weight is 322 g/mol. The lowest BCUT2D eigenvalue weighted by molar-refractivity contribution is 0.0911. The third kappa shape index (κ3) is 4.31. The fraction of sp³-hybridized carbons (Fsp3) is 0.688. The van der Waals surface area contributed by atoms with Gasteiger partial charge in [0.1, 0.15) is 5.56 Å². The highest BCUT2D eigenvalue weighted by molar-refractivity contribution is 5.93. The molecule has 2 N–H and O–H groups in total. The molecule has 1 aromatic rings. The quantitative estimate of drug-likeness (QED) is 0.824. The van der Waals surface area contributed by atoms with E-state index in [9.17, 15) is 14.4 Å². The van der Waals surface area contributed by atoms with E-state index in [1.54, 1.807) is 0 Å². The summed E-state index contributed by atoms with van der Waals surface area (Å²) in [4.78, 5) is 39.7. The second kappa shape index (κ2) is 7.59. The van der Waals surface area contributed by atoms with Crippen LogP contribution in [0, 0.1) is 0 Å². The van der Waals surface area contributed by atoms with Gasteiger partial charge >= 0.3 is 5.69 Å². The van der Waals surface area contributed by atoms with Crippen molar-refractivity contribution in [1.29, 1.82) is 0 Å². The van der Waals surface area contributed by atoms with Crippen molar-refractivity contribution in [2.24, 2.45) is 7.05 Å². The molecule has 1 fully saturated rings. The number of amides is 1. The Kier molecular flexibility index (Phi) is 5.76. The third-order valence-electron chi connectivity index (χ3n) is 4.45. The lowest BCUT2D eigenvalue weighted by Gasteiger charge is -2.38. The van der Waals surface area contributed by atoms with Crippen LogP contribution >= 0.6 is 0 Å². The van der Waals surface area contributed by atoms with Gasteiger partial charge in [-0.3, -0.25) is 19.5 Å². The van der Waals surface area contributed by atoms with Gasteiger partial charge in [0.2, 0.25) is 0 Å². The number of nitrogens with one attached hydrogen (secondary N) is 2. The molecule has 2 heterocycles. The Morgan fingerprint density at radius 2 is 2.13 bits per heavy atom. The molecule has 1 aliphatic heterocycles. The Morgan fingerprint density at radius 3 is 2.83 bits per heavy atom. The molecule has 1 aliphatic rings. The molecule has 23 heavy (non-hydrogen) atoms. The summed E-state index contributed by atoms with van der Waals surface area (Å²) in [6.07, 6.45) is 5.75. The zero-order chi connectivity index (χ0) is 17.0. The Hall–Kier alpha value is -1.89. The molecule has 7 nitrogen and oxygen atoms in total. The van der Waals surface area contributed by atoms with Crippen molar-refractivity contribution in [1.82, 2.24) is 19.8 Å². The van der Waals surface area contributed by atoms with Gasteiger partial charge in [-0.2, -0.15) is 0 Å². The maximum atomic E-state index is 12.1. The molecular formula is C16H26N4O3. The maximum Gasteiger partial charge on any atom is 0.328 e. The number of aryl methyl sites for hydroxylation is 1. The van der Waals surface area contributed by atoms with Crippen LogP contribution in [0.4, 0.5) is 0 Å². The standard InChI is InChI=1S/C16H26N4O3/c1-11(2)20-9-5-4-6-12(20)7-8-17-14(21)13-10-19(3)16(23)18-15(13)22/h10-12H,4-9H2,1-3H3,(H,17,21)(H,18,22,23)/t12-/m1/s1. The van der Waals surface area contributed by atoms with Crippen LogP contribution in [0.2, 0.25) is 0 Å². The smallest absolute Gasteiger partial charge is 0.328 e. The predicted molar refractivity (Wildman–Crippen MR) is 88.7 cm³/mol. The Labute approximate surface area is 135 Å². The molecule has 0 aliphatic carbocycles. The number of hydrogen-bond acceptors (Lipinski definition) is 4. The van der Waals surface area contributed by atoms with Crippen molar-refractivity contribution >= 4 is 5.91 Å². The molecule has 128 valence electrons. The van der Waals surface area contributed by atoms with Gasteiger partial charge in [0.25, 0.3) is 11.5 Å². The highest BCUT2D eigenvalue weighted by Crippen LogP contribution is 2.21. The van der Waals surface area contributed by atoms with Crippen molar-refractivity contribution < 1.29 is 4.79 Å². The highest BCUT2D eigenvalue weighted by atomic mass is 16.2. The van der Waals surface area contributed by atoms with Crippen LogP contribution in [0.25, 0.3) is 0 Å². The van der Waals surface area contributed by atoms with Gasteiger partial charge in [-0.05, 0) is 39.7 Å². The molecule has 1 saturated heterocycles. The predicted octanol–water partition coefficient (Wildman–Crippen LogP) is 0.456. The van der Waals surface area contributed by atoms with Gasteiger partial charge in [-0.1, -0.05) is 6.42 Å². The van der Waals surface area contributed by atoms with Crippen molar-refractivity contribution in [3.63, 3.8) is 0 Å². The number of rotatable bonds is 5. The average Bonchev–Trinajstić information content (AvgIpc) is 2.51.